The van der Waals surface area contributed by atoms with Crippen molar-refractivity contribution in [3.05, 3.63) is 72.2 Å². The first-order valence-electron chi connectivity index (χ1n) is 10.3. The number of benzene rings is 2. The predicted molar refractivity (Wildman–Crippen MR) is 117 cm³/mol. The highest BCUT2D eigenvalue weighted by Crippen LogP contribution is 2.31. The maximum absolute atomic E-state index is 13.8. The van der Waals surface area contributed by atoms with E-state index in [1.807, 2.05) is 27.6 Å². The molecular weight excluding hydrogens is 438 g/mol. The molecule has 10 heteroatoms. The topological polar surface area (TPSA) is 52.9 Å². The van der Waals surface area contributed by atoms with E-state index < -0.39 is 17.8 Å². The maximum atomic E-state index is 13.8. The number of amides is 2. The molecule has 1 aliphatic rings. The molecule has 1 N–H and O–H groups in total. The number of nitrogens with one attached hydrogen (secondary N) is 1. The molecule has 6 nitrogen and oxygen atoms in total. The first-order valence-corrected chi connectivity index (χ1v) is 10.3. The Morgan fingerprint density at radius 2 is 1.73 bits per heavy atom. The van der Waals surface area contributed by atoms with E-state index in [0.717, 1.165) is 23.2 Å². The quantitative estimate of drug-likeness (QED) is 0.431. The standard InChI is InChI=1S/C23H19F4N5O/c24-16-6-7-19-18(14-16)29-21(20-5-2-8-32(19)20)30-9-11-31(12-10-30)22(33)28-17-4-1-3-15(13-17)23(25,26)27/h1-8,13-14H,9-12H2,(H,28,33). The summed E-state index contributed by atoms with van der Waals surface area (Å²) in [6.07, 6.45) is -2.59. The Morgan fingerprint density at radius 1 is 0.939 bits per heavy atom. The first kappa shape index (κ1) is 21.0. The zero-order chi connectivity index (χ0) is 23.2. The fourth-order valence-electron chi connectivity index (χ4n) is 4.06. The number of piperazine rings is 1. The molecule has 0 atom stereocenters. The number of alkyl halides is 3. The number of rotatable bonds is 2. The highest BCUT2D eigenvalue weighted by Gasteiger charge is 2.31. The predicted octanol–water partition coefficient (Wildman–Crippen LogP) is 5.00. The van der Waals surface area contributed by atoms with Crippen LogP contribution in [0.15, 0.2) is 60.8 Å². The Morgan fingerprint density at radius 3 is 2.48 bits per heavy atom. The molecule has 1 saturated heterocycles. The van der Waals surface area contributed by atoms with Gasteiger partial charge in [0.25, 0.3) is 0 Å². The number of fused-ring (bicyclic) bond motifs is 3. The number of hydrogen-bond acceptors (Lipinski definition) is 3. The van der Waals surface area contributed by atoms with Crippen LogP contribution in [0.25, 0.3) is 16.6 Å². The zero-order valence-corrected chi connectivity index (χ0v) is 17.3. The van der Waals surface area contributed by atoms with Gasteiger partial charge in [0.1, 0.15) is 5.82 Å². The summed E-state index contributed by atoms with van der Waals surface area (Å²) < 4.78 is 54.5. The first-order chi connectivity index (χ1) is 15.8. The van der Waals surface area contributed by atoms with Crippen LogP contribution < -0.4 is 10.2 Å². The summed E-state index contributed by atoms with van der Waals surface area (Å²) in [7, 11) is 0. The van der Waals surface area contributed by atoms with Gasteiger partial charge in [-0.1, -0.05) is 6.07 Å². The Balaban J connectivity index is 1.32. The Bertz CT molecular complexity index is 1340. The van der Waals surface area contributed by atoms with E-state index in [2.05, 4.69) is 10.3 Å². The minimum Gasteiger partial charge on any atom is -0.351 e. The lowest BCUT2D eigenvalue weighted by atomic mass is 10.2. The SMILES string of the molecule is O=C(Nc1cccc(C(F)(F)F)c1)N1CCN(c2nc3cc(F)ccc3n3cccc23)CC1. The van der Waals surface area contributed by atoms with E-state index in [9.17, 15) is 22.4 Å². The van der Waals surface area contributed by atoms with Crippen molar-refractivity contribution in [2.24, 2.45) is 0 Å². The van der Waals surface area contributed by atoms with Crippen LogP contribution in [0.1, 0.15) is 5.56 Å². The van der Waals surface area contributed by atoms with E-state index in [1.54, 1.807) is 11.0 Å². The molecule has 0 radical (unpaired) electrons. The molecule has 1 fully saturated rings. The highest BCUT2D eigenvalue weighted by molar-refractivity contribution is 5.90. The van der Waals surface area contributed by atoms with Gasteiger partial charge in [-0.05, 0) is 42.5 Å². The van der Waals surface area contributed by atoms with Gasteiger partial charge in [0, 0.05) is 44.1 Å². The van der Waals surface area contributed by atoms with E-state index in [4.69, 9.17) is 0 Å². The van der Waals surface area contributed by atoms with Gasteiger partial charge in [0.05, 0.1) is 22.1 Å². The Kier molecular flexibility index (Phi) is 5.07. The molecule has 0 aliphatic carbocycles. The van der Waals surface area contributed by atoms with Crippen LogP contribution in [0.5, 0.6) is 0 Å². The highest BCUT2D eigenvalue weighted by atomic mass is 19.4. The number of carbonyl (C=O) groups excluding carboxylic acids is 1. The minimum absolute atomic E-state index is 0.0883. The summed E-state index contributed by atoms with van der Waals surface area (Å²) in [6, 6.07) is 12.4. The van der Waals surface area contributed by atoms with Crippen LogP contribution in [-0.2, 0) is 6.18 Å². The van der Waals surface area contributed by atoms with Crippen molar-refractivity contribution in [3.8, 4) is 0 Å². The van der Waals surface area contributed by atoms with Crippen LogP contribution in [0.4, 0.5) is 33.9 Å². The van der Waals surface area contributed by atoms with E-state index in [1.165, 1.54) is 24.3 Å². The summed E-state index contributed by atoms with van der Waals surface area (Å²) >= 11 is 0. The molecule has 0 bridgehead atoms. The normalized spacial score (nSPS) is 14.8. The second-order valence-corrected chi connectivity index (χ2v) is 7.81. The van der Waals surface area contributed by atoms with E-state index >= 15 is 0 Å². The van der Waals surface area contributed by atoms with Crippen molar-refractivity contribution in [2.45, 2.75) is 6.18 Å². The molecule has 2 aromatic carbocycles. The van der Waals surface area contributed by atoms with Crippen LogP contribution in [0.3, 0.4) is 0 Å². The van der Waals surface area contributed by atoms with Crippen LogP contribution in [0, 0.1) is 5.82 Å². The summed E-state index contributed by atoms with van der Waals surface area (Å²) in [5.41, 5.74) is 1.46. The summed E-state index contributed by atoms with van der Waals surface area (Å²) in [4.78, 5) is 20.8. The van der Waals surface area contributed by atoms with E-state index in [-0.39, 0.29) is 11.5 Å². The molecule has 0 saturated carbocycles. The second-order valence-electron chi connectivity index (χ2n) is 7.81. The lowest BCUT2D eigenvalue weighted by Crippen LogP contribution is -2.50. The lowest BCUT2D eigenvalue weighted by Gasteiger charge is -2.35. The molecule has 2 amide bonds. The van der Waals surface area contributed by atoms with Gasteiger partial charge in [0.2, 0.25) is 0 Å². The number of nitrogens with zero attached hydrogens (tertiary/aromatic N) is 4. The number of aromatic nitrogens is 2. The van der Waals surface area contributed by atoms with Crippen LogP contribution >= 0.6 is 0 Å². The number of urea groups is 1. The van der Waals surface area contributed by atoms with Crippen molar-refractivity contribution in [1.82, 2.24) is 14.3 Å². The number of hydrogen-bond donors (Lipinski definition) is 1. The number of anilines is 2. The molecule has 0 unspecified atom stereocenters. The average Bonchev–Trinajstić information content (AvgIpc) is 3.28. The zero-order valence-electron chi connectivity index (χ0n) is 17.3. The Labute approximate surface area is 186 Å². The molecule has 1 aliphatic heterocycles. The third-order valence-corrected chi connectivity index (χ3v) is 5.71. The van der Waals surface area contributed by atoms with Gasteiger partial charge in [0.15, 0.2) is 5.82 Å². The van der Waals surface area contributed by atoms with Gasteiger partial charge in [-0.15, -0.1) is 0 Å². The molecule has 2 aromatic heterocycles. The maximum Gasteiger partial charge on any atom is 0.416 e. The van der Waals surface area contributed by atoms with Gasteiger partial charge >= 0.3 is 12.2 Å². The fourth-order valence-corrected chi connectivity index (χ4v) is 4.06. The smallest absolute Gasteiger partial charge is 0.351 e. The average molecular weight is 457 g/mol. The molecule has 5 rings (SSSR count). The van der Waals surface area contributed by atoms with Crippen LogP contribution in [-0.4, -0.2) is 46.5 Å². The van der Waals surface area contributed by atoms with Crippen molar-refractivity contribution in [1.29, 1.82) is 0 Å². The van der Waals surface area contributed by atoms with E-state index in [0.29, 0.717) is 37.5 Å². The lowest BCUT2D eigenvalue weighted by molar-refractivity contribution is -0.137. The monoisotopic (exact) mass is 457 g/mol. The van der Waals surface area contributed by atoms with Crippen molar-refractivity contribution in [2.75, 3.05) is 36.4 Å². The van der Waals surface area contributed by atoms with Gasteiger partial charge in [-0.25, -0.2) is 14.2 Å². The third kappa shape index (κ3) is 4.04. The summed E-state index contributed by atoms with van der Waals surface area (Å²) in [5, 5.41) is 2.54. The summed E-state index contributed by atoms with van der Waals surface area (Å²) in [6.45, 7) is 1.68. The van der Waals surface area contributed by atoms with Crippen molar-refractivity contribution >= 4 is 34.1 Å². The molecule has 4 aromatic rings. The van der Waals surface area contributed by atoms with Gasteiger partial charge in [-0.3, -0.25) is 0 Å². The van der Waals surface area contributed by atoms with Crippen molar-refractivity contribution < 1.29 is 22.4 Å². The molecular formula is C23H19F4N5O. The fraction of sp³-hybridized carbons (Fsp3) is 0.217. The minimum atomic E-state index is -4.48. The molecule has 0 spiro atoms. The van der Waals surface area contributed by atoms with Crippen molar-refractivity contribution in [3.63, 3.8) is 0 Å². The van der Waals surface area contributed by atoms with Crippen LogP contribution in [0.2, 0.25) is 0 Å². The number of carbonyl (C=O) groups is 1. The molecule has 170 valence electrons. The van der Waals surface area contributed by atoms with Gasteiger partial charge < -0.3 is 19.5 Å². The van der Waals surface area contributed by atoms with Gasteiger partial charge in [-0.2, -0.15) is 13.2 Å². The Hall–Kier alpha value is -3.82. The third-order valence-electron chi connectivity index (χ3n) is 5.71. The molecule has 3 heterocycles. The second kappa shape index (κ2) is 7.95. The summed E-state index contributed by atoms with van der Waals surface area (Å²) in [5.74, 6) is 0.319. The largest absolute Gasteiger partial charge is 0.416 e. The molecule has 33 heavy (non-hydrogen) atoms. The number of halogens is 4.